The molecular formula is C16H22N4O. The molecular weight excluding hydrogens is 264 g/mol. The highest BCUT2D eigenvalue weighted by Crippen LogP contribution is 2.17. The Bertz CT molecular complexity index is 668. The molecule has 2 aromatic rings. The lowest BCUT2D eigenvalue weighted by atomic mass is 10.1. The molecule has 0 saturated heterocycles. The Balaban J connectivity index is 1.73. The van der Waals surface area contributed by atoms with Crippen LogP contribution in [0.1, 0.15) is 40.9 Å². The molecule has 1 N–H and O–H groups in total. The van der Waals surface area contributed by atoms with Crippen molar-refractivity contribution >= 4 is 5.91 Å². The number of carbonyl (C=O) groups excluding carboxylic acids is 1. The number of amides is 1. The maximum Gasteiger partial charge on any atom is 0.253 e. The number of hydrogen-bond donors (Lipinski definition) is 1. The van der Waals surface area contributed by atoms with Gasteiger partial charge in [0, 0.05) is 49.3 Å². The van der Waals surface area contributed by atoms with Gasteiger partial charge in [0.25, 0.3) is 5.91 Å². The summed E-state index contributed by atoms with van der Waals surface area (Å²) >= 11 is 0. The molecule has 2 aromatic heterocycles. The molecule has 0 bridgehead atoms. The molecule has 1 atom stereocenters. The van der Waals surface area contributed by atoms with E-state index in [1.807, 2.05) is 32.3 Å². The molecule has 1 aliphatic heterocycles. The molecule has 0 unspecified atom stereocenters. The molecule has 5 heteroatoms. The summed E-state index contributed by atoms with van der Waals surface area (Å²) in [6.07, 6.45) is 5.69. The SMILES string of the molecule is CCn1c(C)cc(C(=O)N[C@H]2CCc3nccn3C2)c1C. The zero-order valence-electron chi connectivity index (χ0n) is 12.9. The number of carbonyl (C=O) groups is 1. The van der Waals surface area contributed by atoms with Crippen LogP contribution in [-0.4, -0.2) is 26.1 Å². The van der Waals surface area contributed by atoms with Crippen LogP contribution in [0, 0.1) is 13.8 Å². The predicted octanol–water partition coefficient (Wildman–Crippen LogP) is 2.07. The molecule has 0 aromatic carbocycles. The van der Waals surface area contributed by atoms with Crippen LogP contribution in [0.25, 0.3) is 0 Å². The number of aromatic nitrogens is 3. The van der Waals surface area contributed by atoms with Crippen molar-refractivity contribution in [3.63, 3.8) is 0 Å². The van der Waals surface area contributed by atoms with Gasteiger partial charge < -0.3 is 14.5 Å². The first-order chi connectivity index (χ1) is 10.1. The third-order valence-electron chi connectivity index (χ3n) is 4.40. The van der Waals surface area contributed by atoms with Gasteiger partial charge in [0.15, 0.2) is 0 Å². The van der Waals surface area contributed by atoms with Crippen molar-refractivity contribution in [3.05, 3.63) is 41.2 Å². The summed E-state index contributed by atoms with van der Waals surface area (Å²) in [5.74, 6) is 1.15. The maximum absolute atomic E-state index is 12.5. The monoisotopic (exact) mass is 286 g/mol. The van der Waals surface area contributed by atoms with Gasteiger partial charge in [0.1, 0.15) is 5.82 Å². The van der Waals surface area contributed by atoms with E-state index in [2.05, 4.69) is 26.4 Å². The number of hydrogen-bond acceptors (Lipinski definition) is 2. The Morgan fingerprint density at radius 1 is 1.48 bits per heavy atom. The summed E-state index contributed by atoms with van der Waals surface area (Å²) < 4.78 is 4.30. The summed E-state index contributed by atoms with van der Waals surface area (Å²) in [6.45, 7) is 7.87. The molecule has 0 aliphatic carbocycles. The Kier molecular flexibility index (Phi) is 3.57. The highest BCUT2D eigenvalue weighted by atomic mass is 16.1. The predicted molar refractivity (Wildman–Crippen MR) is 81.4 cm³/mol. The smallest absolute Gasteiger partial charge is 0.253 e. The van der Waals surface area contributed by atoms with E-state index in [0.717, 1.165) is 48.7 Å². The van der Waals surface area contributed by atoms with Gasteiger partial charge in [-0.25, -0.2) is 4.98 Å². The van der Waals surface area contributed by atoms with E-state index >= 15 is 0 Å². The number of aryl methyl sites for hydroxylation is 2. The van der Waals surface area contributed by atoms with Crippen molar-refractivity contribution < 1.29 is 4.79 Å². The summed E-state index contributed by atoms with van der Waals surface area (Å²) in [7, 11) is 0. The summed E-state index contributed by atoms with van der Waals surface area (Å²) in [5, 5.41) is 3.17. The van der Waals surface area contributed by atoms with E-state index < -0.39 is 0 Å². The van der Waals surface area contributed by atoms with Crippen LogP contribution in [0.5, 0.6) is 0 Å². The average Bonchev–Trinajstić information content (AvgIpc) is 3.02. The van der Waals surface area contributed by atoms with Gasteiger partial charge in [-0.2, -0.15) is 0 Å². The van der Waals surface area contributed by atoms with Crippen molar-refractivity contribution in [3.8, 4) is 0 Å². The fraction of sp³-hybridized carbons (Fsp3) is 0.500. The van der Waals surface area contributed by atoms with Crippen LogP contribution in [0.3, 0.4) is 0 Å². The van der Waals surface area contributed by atoms with Crippen molar-refractivity contribution in [2.45, 2.75) is 52.7 Å². The Labute approximate surface area is 125 Å². The largest absolute Gasteiger partial charge is 0.349 e. The van der Waals surface area contributed by atoms with Crippen molar-refractivity contribution in [1.82, 2.24) is 19.4 Å². The Morgan fingerprint density at radius 3 is 3.00 bits per heavy atom. The molecule has 1 amide bonds. The average molecular weight is 286 g/mol. The van der Waals surface area contributed by atoms with Crippen molar-refractivity contribution in [1.29, 1.82) is 0 Å². The van der Waals surface area contributed by atoms with Gasteiger partial charge in [-0.1, -0.05) is 0 Å². The van der Waals surface area contributed by atoms with E-state index in [0.29, 0.717) is 0 Å². The molecule has 0 saturated carbocycles. The standard InChI is InChI=1S/C16H22N4O/c1-4-20-11(2)9-14(12(20)3)16(21)18-13-5-6-15-17-7-8-19(15)10-13/h7-9,13H,4-6,10H2,1-3H3,(H,18,21)/t13-/m0/s1. The van der Waals surface area contributed by atoms with E-state index in [1.165, 1.54) is 0 Å². The second-order valence-corrected chi connectivity index (χ2v) is 5.73. The number of nitrogens with one attached hydrogen (secondary N) is 1. The number of fused-ring (bicyclic) bond motifs is 1. The lowest BCUT2D eigenvalue weighted by Crippen LogP contribution is -2.41. The minimum absolute atomic E-state index is 0.0383. The molecule has 0 spiro atoms. The number of imidazole rings is 1. The second-order valence-electron chi connectivity index (χ2n) is 5.73. The topological polar surface area (TPSA) is 51.9 Å². The van der Waals surface area contributed by atoms with Crippen LogP contribution in [0.2, 0.25) is 0 Å². The molecule has 0 fully saturated rings. The van der Waals surface area contributed by atoms with Gasteiger partial charge >= 0.3 is 0 Å². The molecule has 0 radical (unpaired) electrons. The minimum atomic E-state index is 0.0383. The third kappa shape index (κ3) is 2.48. The van der Waals surface area contributed by atoms with Crippen molar-refractivity contribution in [2.24, 2.45) is 0 Å². The zero-order valence-corrected chi connectivity index (χ0v) is 12.9. The van der Waals surface area contributed by atoms with E-state index in [9.17, 15) is 4.79 Å². The van der Waals surface area contributed by atoms with Gasteiger partial charge in [-0.05, 0) is 33.3 Å². The van der Waals surface area contributed by atoms with Crippen LogP contribution < -0.4 is 5.32 Å². The minimum Gasteiger partial charge on any atom is -0.349 e. The van der Waals surface area contributed by atoms with Crippen LogP contribution >= 0.6 is 0 Å². The Morgan fingerprint density at radius 2 is 2.29 bits per heavy atom. The fourth-order valence-corrected chi connectivity index (χ4v) is 3.27. The van der Waals surface area contributed by atoms with Gasteiger partial charge in [-0.15, -0.1) is 0 Å². The summed E-state index contributed by atoms with van der Waals surface area (Å²) in [4.78, 5) is 16.8. The van der Waals surface area contributed by atoms with Crippen LogP contribution in [0.4, 0.5) is 0 Å². The van der Waals surface area contributed by atoms with Crippen LogP contribution in [-0.2, 0) is 19.5 Å². The van der Waals surface area contributed by atoms with Crippen LogP contribution in [0.15, 0.2) is 18.5 Å². The quantitative estimate of drug-likeness (QED) is 0.939. The first-order valence-electron chi connectivity index (χ1n) is 7.57. The summed E-state index contributed by atoms with van der Waals surface area (Å²) in [5.41, 5.74) is 2.98. The zero-order chi connectivity index (χ0) is 15.0. The Hall–Kier alpha value is -2.04. The maximum atomic E-state index is 12.5. The van der Waals surface area contributed by atoms with E-state index in [4.69, 9.17) is 0 Å². The molecule has 21 heavy (non-hydrogen) atoms. The van der Waals surface area contributed by atoms with E-state index in [1.54, 1.807) is 0 Å². The highest BCUT2D eigenvalue weighted by molar-refractivity contribution is 5.95. The fourth-order valence-electron chi connectivity index (χ4n) is 3.27. The lowest BCUT2D eigenvalue weighted by molar-refractivity contribution is 0.0927. The van der Waals surface area contributed by atoms with Crippen molar-refractivity contribution in [2.75, 3.05) is 0 Å². The first-order valence-corrected chi connectivity index (χ1v) is 7.57. The lowest BCUT2D eigenvalue weighted by Gasteiger charge is -2.24. The molecule has 112 valence electrons. The molecule has 1 aliphatic rings. The third-order valence-corrected chi connectivity index (χ3v) is 4.40. The molecule has 5 nitrogen and oxygen atoms in total. The highest BCUT2D eigenvalue weighted by Gasteiger charge is 2.22. The molecule has 3 heterocycles. The number of nitrogens with zero attached hydrogens (tertiary/aromatic N) is 3. The number of rotatable bonds is 3. The first kappa shape index (κ1) is 13.9. The summed E-state index contributed by atoms with van der Waals surface area (Å²) in [6, 6.07) is 2.17. The van der Waals surface area contributed by atoms with Gasteiger partial charge in [0.2, 0.25) is 0 Å². The normalized spacial score (nSPS) is 17.6. The van der Waals surface area contributed by atoms with Gasteiger partial charge in [-0.3, -0.25) is 4.79 Å². The van der Waals surface area contributed by atoms with E-state index in [-0.39, 0.29) is 11.9 Å². The second kappa shape index (κ2) is 5.39. The van der Waals surface area contributed by atoms with Gasteiger partial charge in [0.05, 0.1) is 5.56 Å². The molecule has 3 rings (SSSR count).